The van der Waals surface area contributed by atoms with Crippen molar-refractivity contribution in [2.45, 2.75) is 25.8 Å². The summed E-state index contributed by atoms with van der Waals surface area (Å²) in [6.45, 7) is 2.06. The number of esters is 1. The normalized spacial score (nSPS) is 18.3. The van der Waals surface area contributed by atoms with Gasteiger partial charge in [-0.1, -0.05) is 43.7 Å². The minimum absolute atomic E-state index is 0.265. The predicted octanol–water partition coefficient (Wildman–Crippen LogP) is 2.43. The molecule has 106 valence electrons. The molecule has 0 spiro atoms. The van der Waals surface area contributed by atoms with Crippen LogP contribution in [0.25, 0.3) is 0 Å². The fourth-order valence-electron chi connectivity index (χ4n) is 2.31. The Morgan fingerprint density at radius 3 is 2.65 bits per heavy atom. The lowest BCUT2D eigenvalue weighted by molar-refractivity contribution is -0.136. The van der Waals surface area contributed by atoms with E-state index in [9.17, 15) is 4.79 Å². The van der Waals surface area contributed by atoms with Crippen LogP contribution in [0.1, 0.15) is 31.4 Å². The summed E-state index contributed by atoms with van der Waals surface area (Å²) >= 11 is 5.24. The number of carbonyl (C=O) groups excluding carboxylic acids is 1. The third kappa shape index (κ3) is 2.99. The molecule has 1 heterocycles. The van der Waals surface area contributed by atoms with E-state index in [1.165, 1.54) is 7.11 Å². The molecular weight excluding hydrogens is 272 g/mol. The number of hydrogen-bond donors (Lipinski definition) is 2. The molecule has 1 aromatic rings. The number of carbonyl (C=O) groups is 1. The number of ether oxygens (including phenoxy) is 1. The van der Waals surface area contributed by atoms with Crippen LogP contribution in [0.5, 0.6) is 0 Å². The Bertz CT molecular complexity index is 540. The predicted molar refractivity (Wildman–Crippen MR) is 82.0 cm³/mol. The second-order valence-corrected chi connectivity index (χ2v) is 4.98. The zero-order valence-corrected chi connectivity index (χ0v) is 12.4. The van der Waals surface area contributed by atoms with Crippen molar-refractivity contribution in [3.05, 3.63) is 47.2 Å². The van der Waals surface area contributed by atoms with Gasteiger partial charge in [0.25, 0.3) is 0 Å². The zero-order valence-electron chi connectivity index (χ0n) is 11.6. The molecule has 0 aliphatic carbocycles. The average Bonchev–Trinajstić information content (AvgIpc) is 2.47. The van der Waals surface area contributed by atoms with E-state index in [0.29, 0.717) is 10.7 Å². The van der Waals surface area contributed by atoms with Gasteiger partial charge in [-0.05, 0) is 24.2 Å². The van der Waals surface area contributed by atoms with Crippen molar-refractivity contribution >= 4 is 23.3 Å². The maximum Gasteiger partial charge on any atom is 0.337 e. The molecule has 5 heteroatoms. The fraction of sp³-hybridized carbons (Fsp3) is 0.333. The van der Waals surface area contributed by atoms with Gasteiger partial charge in [-0.15, -0.1) is 0 Å². The minimum Gasteiger partial charge on any atom is -0.466 e. The smallest absolute Gasteiger partial charge is 0.337 e. The highest BCUT2D eigenvalue weighted by molar-refractivity contribution is 7.80. The van der Waals surface area contributed by atoms with Crippen molar-refractivity contribution in [1.82, 2.24) is 10.6 Å². The first-order valence-electron chi connectivity index (χ1n) is 6.61. The number of hydrogen-bond acceptors (Lipinski definition) is 3. The first kappa shape index (κ1) is 14.5. The number of rotatable bonds is 4. The first-order chi connectivity index (χ1) is 9.67. The van der Waals surface area contributed by atoms with Crippen molar-refractivity contribution in [1.29, 1.82) is 0 Å². The summed E-state index contributed by atoms with van der Waals surface area (Å²) in [5.74, 6) is -0.329. The summed E-state index contributed by atoms with van der Waals surface area (Å²) in [6.07, 6.45) is 1.68. The minimum atomic E-state index is -0.329. The van der Waals surface area contributed by atoms with Gasteiger partial charge in [0.2, 0.25) is 0 Å². The number of benzene rings is 1. The summed E-state index contributed by atoms with van der Waals surface area (Å²) in [5, 5.41) is 6.77. The monoisotopic (exact) mass is 290 g/mol. The Morgan fingerprint density at radius 1 is 1.35 bits per heavy atom. The molecule has 20 heavy (non-hydrogen) atoms. The highest BCUT2D eigenvalue weighted by Gasteiger charge is 2.31. The van der Waals surface area contributed by atoms with Crippen LogP contribution in [0, 0.1) is 0 Å². The molecule has 2 N–H and O–H groups in total. The van der Waals surface area contributed by atoms with Crippen molar-refractivity contribution in [3.8, 4) is 0 Å². The van der Waals surface area contributed by atoms with Gasteiger partial charge in [0.05, 0.1) is 18.7 Å². The molecule has 0 fully saturated rings. The number of nitrogens with one attached hydrogen (secondary N) is 2. The molecule has 1 atom stereocenters. The van der Waals surface area contributed by atoms with E-state index in [1.54, 1.807) is 0 Å². The van der Waals surface area contributed by atoms with Crippen LogP contribution in [-0.2, 0) is 9.53 Å². The fourth-order valence-corrected chi connectivity index (χ4v) is 2.55. The summed E-state index contributed by atoms with van der Waals surface area (Å²) in [6, 6.07) is 9.50. The summed E-state index contributed by atoms with van der Waals surface area (Å²) < 4.78 is 4.93. The van der Waals surface area contributed by atoms with Crippen LogP contribution in [0.3, 0.4) is 0 Å². The largest absolute Gasteiger partial charge is 0.466 e. The third-order valence-electron chi connectivity index (χ3n) is 3.19. The van der Waals surface area contributed by atoms with E-state index in [0.717, 1.165) is 24.1 Å². The number of thiocarbonyl (C=S) groups is 1. The van der Waals surface area contributed by atoms with Crippen LogP contribution in [-0.4, -0.2) is 18.2 Å². The van der Waals surface area contributed by atoms with E-state index in [4.69, 9.17) is 17.0 Å². The van der Waals surface area contributed by atoms with E-state index in [2.05, 4.69) is 17.6 Å². The van der Waals surface area contributed by atoms with Gasteiger partial charge in [0, 0.05) is 5.70 Å². The third-order valence-corrected chi connectivity index (χ3v) is 3.41. The molecule has 0 radical (unpaired) electrons. The van der Waals surface area contributed by atoms with E-state index < -0.39 is 0 Å². The van der Waals surface area contributed by atoms with Crippen LogP contribution in [0.15, 0.2) is 41.6 Å². The maximum absolute atomic E-state index is 12.1. The molecule has 1 aliphatic rings. The molecule has 0 unspecified atom stereocenters. The Morgan fingerprint density at radius 2 is 2.05 bits per heavy atom. The van der Waals surface area contributed by atoms with Gasteiger partial charge in [-0.2, -0.15) is 0 Å². The Labute approximate surface area is 124 Å². The van der Waals surface area contributed by atoms with Crippen LogP contribution >= 0.6 is 12.2 Å². The van der Waals surface area contributed by atoms with E-state index in [-0.39, 0.29) is 12.0 Å². The summed E-state index contributed by atoms with van der Waals surface area (Å²) in [4.78, 5) is 12.1. The Balaban J connectivity index is 2.49. The van der Waals surface area contributed by atoms with Crippen LogP contribution < -0.4 is 10.6 Å². The summed E-state index contributed by atoms with van der Waals surface area (Å²) in [5.41, 5.74) is 2.44. The van der Waals surface area contributed by atoms with Crippen molar-refractivity contribution in [2.75, 3.05) is 7.11 Å². The molecule has 0 amide bonds. The van der Waals surface area contributed by atoms with Crippen molar-refractivity contribution in [2.24, 2.45) is 0 Å². The van der Waals surface area contributed by atoms with Gasteiger partial charge in [-0.25, -0.2) is 4.79 Å². The van der Waals surface area contributed by atoms with Gasteiger partial charge in [0.15, 0.2) is 5.11 Å². The highest BCUT2D eigenvalue weighted by atomic mass is 32.1. The molecule has 1 aliphatic heterocycles. The molecule has 4 nitrogen and oxygen atoms in total. The SMILES string of the molecule is CCCC1=C(C(=O)OC)[C@@H](c2ccccc2)NC(=S)N1. The Hall–Kier alpha value is -1.88. The first-order valence-corrected chi connectivity index (χ1v) is 7.02. The second kappa shape index (κ2) is 6.52. The molecule has 0 saturated heterocycles. The molecule has 0 saturated carbocycles. The second-order valence-electron chi connectivity index (χ2n) is 4.58. The average molecular weight is 290 g/mol. The Kier molecular flexibility index (Phi) is 4.74. The van der Waals surface area contributed by atoms with E-state index >= 15 is 0 Å². The molecule has 0 aromatic heterocycles. The van der Waals surface area contributed by atoms with Crippen molar-refractivity contribution in [3.63, 3.8) is 0 Å². The maximum atomic E-state index is 12.1. The van der Waals surface area contributed by atoms with Crippen LogP contribution in [0.2, 0.25) is 0 Å². The molecule has 2 rings (SSSR count). The van der Waals surface area contributed by atoms with Gasteiger partial charge < -0.3 is 15.4 Å². The van der Waals surface area contributed by atoms with Crippen LogP contribution in [0.4, 0.5) is 0 Å². The quantitative estimate of drug-likeness (QED) is 0.659. The molecule has 0 bridgehead atoms. The van der Waals surface area contributed by atoms with Gasteiger partial charge >= 0.3 is 5.97 Å². The van der Waals surface area contributed by atoms with Crippen molar-refractivity contribution < 1.29 is 9.53 Å². The standard InChI is InChI=1S/C15H18N2O2S/c1-3-7-11-12(14(18)19-2)13(17-15(20)16-11)10-8-5-4-6-9-10/h4-6,8-9,13H,3,7H2,1-2H3,(H2,16,17,20)/t13-/m1/s1. The lowest BCUT2D eigenvalue weighted by atomic mass is 9.94. The van der Waals surface area contributed by atoms with Gasteiger partial charge in [0.1, 0.15) is 0 Å². The number of allylic oxidation sites excluding steroid dienone is 1. The lowest BCUT2D eigenvalue weighted by Gasteiger charge is -2.30. The highest BCUT2D eigenvalue weighted by Crippen LogP contribution is 2.29. The topological polar surface area (TPSA) is 50.4 Å². The van der Waals surface area contributed by atoms with E-state index in [1.807, 2.05) is 30.3 Å². The molecular formula is C15H18N2O2S. The zero-order chi connectivity index (χ0) is 14.5. The van der Waals surface area contributed by atoms with Gasteiger partial charge in [-0.3, -0.25) is 0 Å². The summed E-state index contributed by atoms with van der Waals surface area (Å²) in [7, 11) is 1.40. The molecule has 1 aromatic carbocycles. The number of methoxy groups -OCH3 is 1. The lowest BCUT2D eigenvalue weighted by Crippen LogP contribution is -2.45.